The van der Waals surface area contributed by atoms with Crippen LogP contribution in [0.15, 0.2) is 56.1 Å². The summed E-state index contributed by atoms with van der Waals surface area (Å²) in [5, 5.41) is 0.762. The molecule has 100 valence electrons. The normalized spacial score (nSPS) is 10.1. The Hall–Kier alpha value is -2.05. The number of rotatable bonds is 5. The quantitative estimate of drug-likeness (QED) is 0.643. The monoisotopic (exact) mass is 280 g/mol. The molecule has 0 heterocycles. The molecule has 0 amide bonds. The van der Waals surface area contributed by atoms with Crippen LogP contribution in [-0.4, -0.2) is 0 Å². The first-order chi connectivity index (χ1) is 9.69. The molecule has 2 aromatic carbocycles. The van der Waals surface area contributed by atoms with Crippen molar-refractivity contribution >= 4 is 29.8 Å². The van der Waals surface area contributed by atoms with E-state index in [4.69, 9.17) is 11.6 Å². The van der Waals surface area contributed by atoms with Crippen LogP contribution in [0.25, 0.3) is 18.2 Å². The molecule has 0 atom stereocenters. The van der Waals surface area contributed by atoms with Crippen molar-refractivity contribution in [2.24, 2.45) is 0 Å². The summed E-state index contributed by atoms with van der Waals surface area (Å²) < 4.78 is 0. The second-order valence-corrected chi connectivity index (χ2v) is 4.97. The van der Waals surface area contributed by atoms with Gasteiger partial charge in [0, 0.05) is 5.02 Å². The van der Waals surface area contributed by atoms with Gasteiger partial charge in [-0.2, -0.15) is 0 Å². The molecule has 0 bridgehead atoms. The minimum absolute atomic E-state index is 0.762. The van der Waals surface area contributed by atoms with Gasteiger partial charge in [0.1, 0.15) is 0 Å². The van der Waals surface area contributed by atoms with Gasteiger partial charge in [-0.15, -0.1) is 0 Å². The summed E-state index contributed by atoms with van der Waals surface area (Å²) in [6.45, 7) is 11.5. The van der Waals surface area contributed by atoms with Crippen molar-refractivity contribution in [1.29, 1.82) is 0 Å². The first kappa shape index (κ1) is 14.4. The maximum Gasteiger partial charge on any atom is 0.0447 e. The number of halogens is 1. The molecule has 0 saturated heterocycles. The smallest absolute Gasteiger partial charge is 0.0447 e. The summed E-state index contributed by atoms with van der Waals surface area (Å²) in [6, 6.07) is 12.2. The molecular formula is C19H17Cl. The molecule has 20 heavy (non-hydrogen) atoms. The molecule has 0 aromatic heterocycles. The maximum absolute atomic E-state index is 6.35. The fourth-order valence-electron chi connectivity index (χ4n) is 2.23. The fourth-order valence-corrected chi connectivity index (χ4v) is 2.46. The summed E-state index contributed by atoms with van der Waals surface area (Å²) in [5.74, 6) is 0. The lowest BCUT2D eigenvalue weighted by atomic mass is 9.95. The van der Waals surface area contributed by atoms with E-state index in [1.54, 1.807) is 0 Å². The number of hydrogen-bond acceptors (Lipinski definition) is 0. The third-order valence-electron chi connectivity index (χ3n) is 3.35. The molecule has 0 radical (unpaired) electrons. The molecule has 0 N–H and O–H groups in total. The van der Waals surface area contributed by atoms with Crippen LogP contribution in [0.3, 0.4) is 0 Å². The van der Waals surface area contributed by atoms with Crippen molar-refractivity contribution in [2.75, 3.05) is 0 Å². The predicted molar refractivity (Wildman–Crippen MR) is 91.0 cm³/mol. The van der Waals surface area contributed by atoms with Gasteiger partial charge in [0.05, 0.1) is 0 Å². The Kier molecular flexibility index (Phi) is 4.60. The van der Waals surface area contributed by atoms with Crippen molar-refractivity contribution in [3.63, 3.8) is 0 Å². The highest BCUT2D eigenvalue weighted by atomic mass is 35.5. The van der Waals surface area contributed by atoms with Crippen LogP contribution in [0.2, 0.25) is 5.02 Å². The Morgan fingerprint density at radius 1 is 0.850 bits per heavy atom. The third kappa shape index (κ3) is 2.92. The van der Waals surface area contributed by atoms with Crippen LogP contribution < -0.4 is 0 Å². The highest BCUT2D eigenvalue weighted by Gasteiger charge is 2.09. The topological polar surface area (TPSA) is 0 Å². The van der Waals surface area contributed by atoms with Crippen LogP contribution in [0.5, 0.6) is 0 Å². The third-order valence-corrected chi connectivity index (χ3v) is 3.71. The molecule has 2 rings (SSSR count). The number of hydrogen-bond donors (Lipinski definition) is 0. The van der Waals surface area contributed by atoms with Crippen molar-refractivity contribution in [3.8, 4) is 0 Å². The molecule has 0 aliphatic rings. The van der Waals surface area contributed by atoms with Gasteiger partial charge in [-0.25, -0.2) is 0 Å². The van der Waals surface area contributed by atoms with Crippen LogP contribution >= 0.6 is 11.6 Å². The molecule has 0 saturated carbocycles. The molecule has 0 fully saturated rings. The van der Waals surface area contributed by atoms with Crippen molar-refractivity contribution in [2.45, 2.75) is 6.42 Å². The SMILES string of the molecule is C=Cc1ccc(Cc2c(Cl)ccc(C=C)c2C=C)cc1. The summed E-state index contributed by atoms with van der Waals surface area (Å²) in [5.41, 5.74) is 5.53. The largest absolute Gasteiger partial charge is 0.0985 e. The van der Waals surface area contributed by atoms with Gasteiger partial charge in [0.25, 0.3) is 0 Å². The predicted octanol–water partition coefficient (Wildman–Crippen LogP) is 5.86. The van der Waals surface area contributed by atoms with E-state index in [0.717, 1.165) is 33.7 Å². The fraction of sp³-hybridized carbons (Fsp3) is 0.0526. The second kappa shape index (κ2) is 6.40. The van der Waals surface area contributed by atoms with Gasteiger partial charge >= 0.3 is 0 Å². The lowest BCUT2D eigenvalue weighted by molar-refractivity contribution is 1.18. The number of benzene rings is 2. The van der Waals surface area contributed by atoms with Crippen molar-refractivity contribution in [1.82, 2.24) is 0 Å². The molecule has 0 nitrogen and oxygen atoms in total. The molecule has 0 spiro atoms. The van der Waals surface area contributed by atoms with Gasteiger partial charge in [0.2, 0.25) is 0 Å². The summed E-state index contributed by atoms with van der Waals surface area (Å²) in [4.78, 5) is 0. The first-order valence-electron chi connectivity index (χ1n) is 6.47. The molecule has 0 unspecified atom stereocenters. The minimum Gasteiger partial charge on any atom is -0.0985 e. The average Bonchev–Trinajstić information content (AvgIpc) is 2.49. The Balaban J connectivity index is 2.43. The van der Waals surface area contributed by atoms with Gasteiger partial charge in [-0.1, -0.05) is 79.9 Å². The van der Waals surface area contributed by atoms with Crippen LogP contribution in [0, 0.1) is 0 Å². The molecule has 0 aliphatic heterocycles. The zero-order valence-corrected chi connectivity index (χ0v) is 12.2. The van der Waals surface area contributed by atoms with Gasteiger partial charge in [-0.05, 0) is 40.3 Å². The Morgan fingerprint density at radius 2 is 1.55 bits per heavy atom. The maximum atomic E-state index is 6.35. The zero-order valence-electron chi connectivity index (χ0n) is 11.4. The van der Waals surface area contributed by atoms with E-state index in [2.05, 4.69) is 44.0 Å². The summed E-state index contributed by atoms with van der Waals surface area (Å²) in [7, 11) is 0. The van der Waals surface area contributed by atoms with E-state index >= 15 is 0 Å². The van der Waals surface area contributed by atoms with E-state index in [1.165, 1.54) is 5.56 Å². The lowest BCUT2D eigenvalue weighted by Gasteiger charge is -2.12. The molecule has 1 heteroatoms. The van der Waals surface area contributed by atoms with Crippen molar-refractivity contribution < 1.29 is 0 Å². The Bertz CT molecular complexity index is 648. The van der Waals surface area contributed by atoms with E-state index in [-0.39, 0.29) is 0 Å². The van der Waals surface area contributed by atoms with Gasteiger partial charge in [0.15, 0.2) is 0 Å². The van der Waals surface area contributed by atoms with E-state index in [9.17, 15) is 0 Å². The van der Waals surface area contributed by atoms with Crippen LogP contribution in [0.1, 0.15) is 27.8 Å². The average molecular weight is 281 g/mol. The van der Waals surface area contributed by atoms with Crippen molar-refractivity contribution in [3.05, 3.63) is 89.0 Å². The van der Waals surface area contributed by atoms with Gasteiger partial charge in [-0.3, -0.25) is 0 Å². The standard InChI is InChI=1S/C19H17Cl/c1-4-14-7-9-15(10-8-14)13-18-17(6-3)16(5-2)11-12-19(18)20/h4-12H,1-3,13H2. The lowest BCUT2D eigenvalue weighted by Crippen LogP contribution is -1.96. The van der Waals surface area contributed by atoms with E-state index < -0.39 is 0 Å². The van der Waals surface area contributed by atoms with Crippen LogP contribution in [-0.2, 0) is 6.42 Å². The highest BCUT2D eigenvalue weighted by molar-refractivity contribution is 6.31. The molecule has 0 aliphatic carbocycles. The van der Waals surface area contributed by atoms with Crippen LogP contribution in [0.4, 0.5) is 0 Å². The summed E-state index contributed by atoms with van der Waals surface area (Å²) >= 11 is 6.35. The minimum atomic E-state index is 0.762. The molecule has 2 aromatic rings. The zero-order chi connectivity index (χ0) is 14.5. The second-order valence-electron chi connectivity index (χ2n) is 4.56. The van der Waals surface area contributed by atoms with E-state index in [1.807, 2.05) is 30.4 Å². The highest BCUT2D eigenvalue weighted by Crippen LogP contribution is 2.28. The molecular weight excluding hydrogens is 264 g/mol. The summed E-state index contributed by atoms with van der Waals surface area (Å²) in [6.07, 6.45) is 6.29. The first-order valence-corrected chi connectivity index (χ1v) is 6.85. The Labute approximate surface area is 125 Å². The Morgan fingerprint density at radius 3 is 2.10 bits per heavy atom. The van der Waals surface area contributed by atoms with E-state index in [0.29, 0.717) is 0 Å². The van der Waals surface area contributed by atoms with Gasteiger partial charge < -0.3 is 0 Å².